The Morgan fingerprint density at radius 1 is 1.17 bits per heavy atom. The van der Waals surface area contributed by atoms with Crippen molar-refractivity contribution in [3.63, 3.8) is 0 Å². The van der Waals surface area contributed by atoms with Gasteiger partial charge in [0.15, 0.2) is 0 Å². The molecule has 0 radical (unpaired) electrons. The molecule has 0 saturated heterocycles. The van der Waals surface area contributed by atoms with E-state index in [1.165, 1.54) is 30.0 Å². The van der Waals surface area contributed by atoms with E-state index in [0.717, 1.165) is 12.1 Å². The van der Waals surface area contributed by atoms with E-state index < -0.39 is 35.9 Å². The van der Waals surface area contributed by atoms with E-state index in [1.54, 1.807) is 37.4 Å². The number of alkyl halides is 3. The highest BCUT2D eigenvalue weighted by atomic mass is 35.5. The summed E-state index contributed by atoms with van der Waals surface area (Å²) in [5.41, 5.74) is -1.44. The molecule has 1 aromatic heterocycles. The van der Waals surface area contributed by atoms with Gasteiger partial charge in [0.1, 0.15) is 12.3 Å². The topological polar surface area (TPSA) is 104 Å². The predicted octanol–water partition coefficient (Wildman–Crippen LogP) is 6.40. The van der Waals surface area contributed by atoms with Gasteiger partial charge in [-0.25, -0.2) is 0 Å². The smallest absolute Gasteiger partial charge is 0.411 e. The summed E-state index contributed by atoms with van der Waals surface area (Å²) < 4.78 is 43.2. The monoisotopic (exact) mass is 606 g/mol. The van der Waals surface area contributed by atoms with Crippen LogP contribution >= 0.6 is 23.2 Å². The van der Waals surface area contributed by atoms with Gasteiger partial charge in [-0.2, -0.15) is 13.2 Å². The fourth-order valence-corrected chi connectivity index (χ4v) is 5.19. The standard InChI is InChI=1S/C28H23Cl2F3N4O4/c1-16-9-18(24-13-27(41-36-24,28(31,32)33)19-10-20(29)12-21(30)11-19)6-7-23(16)26(25(39)14-35-40)37(17(2)38)15-22-5-3-4-8-34-22/h3-12,14,26,40H,13,15H2,1-2H3. The number of hydrogen-bond donors (Lipinski definition) is 1. The van der Waals surface area contributed by atoms with Crippen LogP contribution in [0.2, 0.25) is 10.0 Å². The first kappa shape index (κ1) is 30.0. The molecule has 2 heterocycles. The van der Waals surface area contributed by atoms with Gasteiger partial charge in [0.2, 0.25) is 11.7 Å². The quantitative estimate of drug-likeness (QED) is 0.181. The largest absolute Gasteiger partial charge is 0.435 e. The maximum Gasteiger partial charge on any atom is 0.435 e. The zero-order chi connectivity index (χ0) is 29.9. The van der Waals surface area contributed by atoms with Gasteiger partial charge < -0.3 is 14.9 Å². The van der Waals surface area contributed by atoms with Crippen LogP contribution in [-0.4, -0.2) is 44.9 Å². The second kappa shape index (κ2) is 11.9. The number of nitrogens with zero attached hydrogens (tertiary/aromatic N) is 4. The van der Waals surface area contributed by atoms with Crippen molar-refractivity contribution >= 4 is 46.8 Å². The third kappa shape index (κ3) is 6.20. The Labute approximate surface area is 243 Å². The summed E-state index contributed by atoms with van der Waals surface area (Å²) in [6.45, 7) is 2.90. The molecule has 4 rings (SSSR count). The van der Waals surface area contributed by atoms with E-state index in [1.807, 2.05) is 0 Å². The number of carbonyl (C=O) groups is 2. The van der Waals surface area contributed by atoms with Crippen LogP contribution in [0.15, 0.2) is 71.1 Å². The second-order valence-electron chi connectivity index (χ2n) is 9.38. The van der Waals surface area contributed by atoms with Crippen molar-refractivity contribution in [2.24, 2.45) is 10.3 Å². The molecule has 0 spiro atoms. The molecule has 0 saturated carbocycles. The van der Waals surface area contributed by atoms with Crippen molar-refractivity contribution in [3.05, 3.63) is 98.8 Å². The van der Waals surface area contributed by atoms with Crippen LogP contribution in [-0.2, 0) is 26.6 Å². The van der Waals surface area contributed by atoms with Crippen molar-refractivity contribution in [1.29, 1.82) is 0 Å². The molecule has 41 heavy (non-hydrogen) atoms. The lowest BCUT2D eigenvalue weighted by molar-refractivity contribution is -0.275. The maximum atomic E-state index is 14.4. The number of pyridine rings is 1. The minimum Gasteiger partial charge on any atom is -0.411 e. The lowest BCUT2D eigenvalue weighted by Gasteiger charge is -2.30. The summed E-state index contributed by atoms with van der Waals surface area (Å²) in [6.07, 6.45) is -3.29. The van der Waals surface area contributed by atoms with Crippen LogP contribution in [0.25, 0.3) is 0 Å². The van der Waals surface area contributed by atoms with Crippen LogP contribution in [0.3, 0.4) is 0 Å². The normalized spacial score (nSPS) is 17.7. The summed E-state index contributed by atoms with van der Waals surface area (Å²) in [5, 5.41) is 15.7. The highest BCUT2D eigenvalue weighted by Crippen LogP contribution is 2.49. The van der Waals surface area contributed by atoms with E-state index in [2.05, 4.69) is 15.3 Å². The average Bonchev–Trinajstić information content (AvgIpc) is 3.37. The number of aryl methyl sites for hydroxylation is 1. The molecule has 1 aliphatic rings. The van der Waals surface area contributed by atoms with Crippen LogP contribution in [0.5, 0.6) is 0 Å². The number of Topliss-reactive ketones (excluding diaryl/α,β-unsaturated/α-hetero) is 1. The summed E-state index contributed by atoms with van der Waals surface area (Å²) in [5.74, 6) is -1.14. The van der Waals surface area contributed by atoms with Crippen LogP contribution < -0.4 is 0 Å². The number of carbonyl (C=O) groups excluding carboxylic acids is 2. The van der Waals surface area contributed by atoms with Crippen molar-refractivity contribution in [1.82, 2.24) is 9.88 Å². The molecule has 2 unspecified atom stereocenters. The molecular formula is C28H23Cl2F3N4O4. The molecule has 8 nitrogen and oxygen atoms in total. The zero-order valence-corrected chi connectivity index (χ0v) is 23.2. The van der Waals surface area contributed by atoms with Crippen molar-refractivity contribution in [2.75, 3.05) is 0 Å². The predicted molar refractivity (Wildman–Crippen MR) is 146 cm³/mol. The number of oxime groups is 2. The average molecular weight is 607 g/mol. The van der Waals surface area contributed by atoms with Crippen LogP contribution in [0, 0.1) is 6.92 Å². The minimum absolute atomic E-state index is 0.00443. The minimum atomic E-state index is -4.87. The van der Waals surface area contributed by atoms with Gasteiger partial charge in [0.05, 0.1) is 18.0 Å². The van der Waals surface area contributed by atoms with Gasteiger partial charge in [0, 0.05) is 35.2 Å². The summed E-state index contributed by atoms with van der Waals surface area (Å²) in [7, 11) is 0. The highest BCUT2D eigenvalue weighted by molar-refractivity contribution is 6.34. The molecule has 2 atom stereocenters. The maximum absolute atomic E-state index is 14.4. The molecule has 2 aromatic carbocycles. The molecule has 1 amide bonds. The molecule has 0 fully saturated rings. The third-order valence-corrected chi connectivity index (χ3v) is 7.08. The lowest BCUT2D eigenvalue weighted by atomic mass is 9.85. The van der Waals surface area contributed by atoms with Gasteiger partial charge >= 0.3 is 6.18 Å². The fraction of sp³-hybridized carbons (Fsp3) is 0.250. The van der Waals surface area contributed by atoms with Crippen molar-refractivity contribution in [2.45, 2.75) is 44.6 Å². The first-order valence-electron chi connectivity index (χ1n) is 12.1. The molecule has 0 aliphatic carbocycles. The van der Waals surface area contributed by atoms with E-state index in [0.29, 0.717) is 28.6 Å². The summed E-state index contributed by atoms with van der Waals surface area (Å²) >= 11 is 12.0. The Balaban J connectivity index is 1.71. The molecule has 214 valence electrons. The van der Waals surface area contributed by atoms with E-state index >= 15 is 0 Å². The van der Waals surface area contributed by atoms with Gasteiger partial charge in [-0.1, -0.05) is 51.7 Å². The third-order valence-electron chi connectivity index (χ3n) is 6.64. The van der Waals surface area contributed by atoms with Gasteiger partial charge in [-0.3, -0.25) is 14.6 Å². The second-order valence-corrected chi connectivity index (χ2v) is 10.3. The summed E-state index contributed by atoms with van der Waals surface area (Å²) in [4.78, 5) is 36.3. The number of ketones is 1. The summed E-state index contributed by atoms with van der Waals surface area (Å²) in [6, 6.07) is 12.0. The SMILES string of the molecule is CC(=O)N(Cc1ccccn1)C(C(=O)C=NO)c1ccc(C2=NOC(c3cc(Cl)cc(Cl)c3)(C(F)(F)F)C2)cc1C. The fourth-order valence-electron chi connectivity index (χ4n) is 4.66. The Hall–Kier alpha value is -3.96. The molecule has 1 aliphatic heterocycles. The van der Waals surface area contributed by atoms with E-state index in [9.17, 15) is 22.8 Å². The Kier molecular flexibility index (Phi) is 8.69. The Morgan fingerprint density at radius 2 is 1.88 bits per heavy atom. The van der Waals surface area contributed by atoms with Gasteiger partial charge in [0.25, 0.3) is 5.60 Å². The molecular weight excluding hydrogens is 584 g/mol. The van der Waals surface area contributed by atoms with Crippen LogP contribution in [0.4, 0.5) is 13.2 Å². The number of hydrogen-bond acceptors (Lipinski definition) is 7. The molecule has 13 heteroatoms. The Morgan fingerprint density at radius 3 is 2.44 bits per heavy atom. The molecule has 3 aromatic rings. The number of halogens is 5. The van der Waals surface area contributed by atoms with Gasteiger partial charge in [-0.05, 0) is 60.0 Å². The zero-order valence-electron chi connectivity index (χ0n) is 21.7. The number of aromatic nitrogens is 1. The Bertz CT molecular complexity index is 1510. The lowest BCUT2D eigenvalue weighted by Crippen LogP contribution is -2.42. The molecule has 1 N–H and O–H groups in total. The highest BCUT2D eigenvalue weighted by Gasteiger charge is 2.62. The van der Waals surface area contributed by atoms with Crippen molar-refractivity contribution < 1.29 is 32.8 Å². The first-order chi connectivity index (χ1) is 19.4. The molecule has 0 bridgehead atoms. The number of rotatable bonds is 8. The number of amides is 1. The number of benzene rings is 2. The van der Waals surface area contributed by atoms with Crippen molar-refractivity contribution in [3.8, 4) is 0 Å². The van der Waals surface area contributed by atoms with E-state index in [4.69, 9.17) is 33.2 Å². The first-order valence-corrected chi connectivity index (χ1v) is 12.9. The van der Waals surface area contributed by atoms with Crippen LogP contribution in [0.1, 0.15) is 47.3 Å². The van der Waals surface area contributed by atoms with E-state index in [-0.39, 0.29) is 27.9 Å². The van der Waals surface area contributed by atoms with Gasteiger partial charge in [-0.15, -0.1) is 0 Å².